The van der Waals surface area contributed by atoms with Crippen LogP contribution in [0.3, 0.4) is 0 Å². The topological polar surface area (TPSA) is 41.1 Å². The van der Waals surface area contributed by atoms with Crippen molar-refractivity contribution in [1.29, 1.82) is 0 Å². The molecular weight excluding hydrogens is 248 g/mol. The van der Waals surface area contributed by atoms with Crippen LogP contribution in [0.5, 0.6) is 0 Å². The fourth-order valence-corrected chi connectivity index (χ4v) is 4.83. The Morgan fingerprint density at radius 1 is 1.10 bits per heavy atom. The summed E-state index contributed by atoms with van der Waals surface area (Å²) in [5.74, 6) is 2.89. The summed E-state index contributed by atoms with van der Waals surface area (Å²) in [4.78, 5) is 11.9. The Hall–Kier alpha value is -0.410. The molecule has 1 saturated carbocycles. The zero-order valence-corrected chi connectivity index (χ0v) is 13.8. The Morgan fingerprint density at radius 2 is 1.75 bits per heavy atom. The molecule has 3 aliphatic rings. The molecule has 3 nitrogen and oxygen atoms in total. The molecule has 0 bridgehead atoms. The average molecular weight is 280 g/mol. The highest BCUT2D eigenvalue weighted by atomic mass is 16.1. The molecule has 3 heteroatoms. The molecule has 0 aromatic carbocycles. The molecule has 2 aliphatic heterocycles. The highest BCUT2D eigenvalue weighted by Gasteiger charge is 2.55. The maximum absolute atomic E-state index is 11.9. The van der Waals surface area contributed by atoms with Gasteiger partial charge in [0.2, 0.25) is 0 Å². The lowest BCUT2D eigenvalue weighted by molar-refractivity contribution is -0.120. The van der Waals surface area contributed by atoms with Crippen LogP contribution < -0.4 is 10.6 Å². The molecule has 0 amide bonds. The Balaban J connectivity index is 0.000000704. The van der Waals surface area contributed by atoms with Crippen LogP contribution in [0.25, 0.3) is 0 Å². The van der Waals surface area contributed by atoms with Gasteiger partial charge in [0.15, 0.2) is 0 Å². The Kier molecular flexibility index (Phi) is 5.25. The van der Waals surface area contributed by atoms with Gasteiger partial charge in [-0.25, -0.2) is 0 Å². The summed E-state index contributed by atoms with van der Waals surface area (Å²) in [5, 5.41) is 7.34. The van der Waals surface area contributed by atoms with Crippen molar-refractivity contribution in [3.05, 3.63) is 0 Å². The van der Waals surface area contributed by atoms with E-state index >= 15 is 0 Å². The van der Waals surface area contributed by atoms with Crippen LogP contribution in [0, 0.1) is 23.7 Å². The summed E-state index contributed by atoms with van der Waals surface area (Å²) < 4.78 is 0. The van der Waals surface area contributed by atoms with Crippen LogP contribution in [-0.4, -0.2) is 24.0 Å². The average Bonchev–Trinajstić information content (AvgIpc) is 2.96. The maximum atomic E-state index is 11.9. The lowest BCUT2D eigenvalue weighted by atomic mass is 9.70. The van der Waals surface area contributed by atoms with Crippen molar-refractivity contribution in [3.8, 4) is 0 Å². The van der Waals surface area contributed by atoms with Gasteiger partial charge in [0.1, 0.15) is 5.78 Å². The molecule has 6 unspecified atom stereocenters. The molecular formula is C17H32N2O. The van der Waals surface area contributed by atoms with Gasteiger partial charge in [0, 0.05) is 6.04 Å². The molecule has 3 rings (SSSR count). The lowest BCUT2D eigenvalue weighted by Gasteiger charge is -2.34. The maximum Gasteiger partial charge on any atom is 0.147 e. The van der Waals surface area contributed by atoms with Gasteiger partial charge in [-0.2, -0.15) is 0 Å². The van der Waals surface area contributed by atoms with E-state index in [2.05, 4.69) is 24.5 Å². The SMILES string of the molecule is CC.CC(=O)C1NC2NC3CCCCC3C2C1C(C)C. The summed E-state index contributed by atoms with van der Waals surface area (Å²) in [6.07, 6.45) is 5.82. The lowest BCUT2D eigenvalue weighted by Crippen LogP contribution is -2.46. The van der Waals surface area contributed by atoms with Crippen molar-refractivity contribution in [1.82, 2.24) is 10.6 Å². The first kappa shape index (κ1) is 16.0. The van der Waals surface area contributed by atoms with Gasteiger partial charge in [-0.05, 0) is 43.4 Å². The number of rotatable bonds is 2. The van der Waals surface area contributed by atoms with Crippen molar-refractivity contribution in [2.45, 2.75) is 78.6 Å². The number of carbonyl (C=O) groups excluding carboxylic acids is 1. The van der Waals surface area contributed by atoms with Gasteiger partial charge >= 0.3 is 0 Å². The summed E-state index contributed by atoms with van der Waals surface area (Å²) in [7, 11) is 0. The van der Waals surface area contributed by atoms with Crippen LogP contribution >= 0.6 is 0 Å². The fraction of sp³-hybridized carbons (Fsp3) is 0.941. The van der Waals surface area contributed by atoms with Crippen LogP contribution in [0.4, 0.5) is 0 Å². The third kappa shape index (κ3) is 2.67. The summed E-state index contributed by atoms with van der Waals surface area (Å²) in [5.41, 5.74) is 0. The van der Waals surface area contributed by atoms with Crippen molar-refractivity contribution in [2.24, 2.45) is 23.7 Å². The Morgan fingerprint density at radius 3 is 2.35 bits per heavy atom. The third-order valence-electron chi connectivity index (χ3n) is 5.49. The Bertz CT molecular complexity index is 342. The molecule has 2 N–H and O–H groups in total. The van der Waals surface area contributed by atoms with Gasteiger partial charge in [-0.1, -0.05) is 40.5 Å². The molecule has 2 heterocycles. The van der Waals surface area contributed by atoms with Crippen molar-refractivity contribution in [2.75, 3.05) is 0 Å². The fourth-order valence-electron chi connectivity index (χ4n) is 4.83. The molecule has 20 heavy (non-hydrogen) atoms. The van der Waals surface area contributed by atoms with Crippen molar-refractivity contribution >= 4 is 5.78 Å². The number of hydrogen-bond donors (Lipinski definition) is 2. The quantitative estimate of drug-likeness (QED) is 0.817. The van der Waals surface area contributed by atoms with Crippen LogP contribution in [0.2, 0.25) is 0 Å². The Labute approximate surface area is 124 Å². The molecule has 0 aromatic rings. The third-order valence-corrected chi connectivity index (χ3v) is 5.49. The summed E-state index contributed by atoms with van der Waals surface area (Å²) >= 11 is 0. The first-order valence-corrected chi connectivity index (χ1v) is 8.62. The number of ketones is 1. The summed E-state index contributed by atoms with van der Waals surface area (Å²) in [6.45, 7) is 10.3. The predicted molar refractivity (Wildman–Crippen MR) is 83.4 cm³/mol. The second-order valence-electron chi connectivity index (χ2n) is 6.85. The highest BCUT2D eigenvalue weighted by Crippen LogP contribution is 2.47. The molecule has 3 fully saturated rings. The number of Topliss-reactive ketones (excluding diaryl/α,β-unsaturated/α-hetero) is 1. The normalized spacial score (nSPS) is 42.7. The number of hydrogen-bond acceptors (Lipinski definition) is 3. The highest BCUT2D eigenvalue weighted by molar-refractivity contribution is 5.82. The summed E-state index contributed by atoms with van der Waals surface area (Å²) in [6, 6.07) is 0.783. The van der Waals surface area contributed by atoms with E-state index in [0.717, 1.165) is 5.92 Å². The zero-order chi connectivity index (χ0) is 14.9. The minimum Gasteiger partial charge on any atom is -0.299 e. The largest absolute Gasteiger partial charge is 0.299 e. The van der Waals surface area contributed by atoms with E-state index in [1.54, 1.807) is 6.92 Å². The number of carbonyl (C=O) groups is 1. The van der Waals surface area contributed by atoms with Crippen LogP contribution in [0.15, 0.2) is 0 Å². The second kappa shape index (κ2) is 6.57. The van der Waals surface area contributed by atoms with Gasteiger partial charge in [0.25, 0.3) is 0 Å². The van der Waals surface area contributed by atoms with Gasteiger partial charge < -0.3 is 0 Å². The first-order chi connectivity index (χ1) is 9.59. The monoisotopic (exact) mass is 280 g/mol. The van der Waals surface area contributed by atoms with E-state index in [9.17, 15) is 4.79 Å². The molecule has 2 saturated heterocycles. The molecule has 0 spiro atoms. The van der Waals surface area contributed by atoms with Gasteiger partial charge in [-0.3, -0.25) is 15.4 Å². The van der Waals surface area contributed by atoms with E-state index < -0.39 is 0 Å². The molecule has 0 radical (unpaired) electrons. The molecule has 0 aromatic heterocycles. The molecule has 116 valence electrons. The van der Waals surface area contributed by atoms with Crippen LogP contribution in [0.1, 0.15) is 60.3 Å². The van der Waals surface area contributed by atoms with E-state index in [-0.39, 0.29) is 6.04 Å². The predicted octanol–water partition coefficient (Wildman–Crippen LogP) is 2.95. The van der Waals surface area contributed by atoms with Crippen molar-refractivity contribution in [3.63, 3.8) is 0 Å². The first-order valence-electron chi connectivity index (χ1n) is 8.62. The number of fused-ring (bicyclic) bond motifs is 3. The van der Waals surface area contributed by atoms with E-state index in [1.807, 2.05) is 13.8 Å². The second-order valence-corrected chi connectivity index (χ2v) is 6.85. The van der Waals surface area contributed by atoms with Gasteiger partial charge in [-0.15, -0.1) is 0 Å². The van der Waals surface area contributed by atoms with Crippen LogP contribution in [-0.2, 0) is 4.79 Å². The smallest absolute Gasteiger partial charge is 0.147 e. The molecule has 1 aliphatic carbocycles. The van der Waals surface area contributed by atoms with Crippen molar-refractivity contribution < 1.29 is 4.79 Å². The number of nitrogens with one attached hydrogen (secondary N) is 2. The molecule has 6 atom stereocenters. The van der Waals surface area contributed by atoms with Gasteiger partial charge in [0.05, 0.1) is 12.2 Å². The minimum absolute atomic E-state index is 0.0791. The van der Waals surface area contributed by atoms with E-state index in [1.165, 1.54) is 25.7 Å². The minimum atomic E-state index is 0.0791. The van der Waals surface area contributed by atoms with E-state index in [4.69, 9.17) is 0 Å². The van der Waals surface area contributed by atoms with E-state index in [0.29, 0.717) is 35.7 Å². The standard InChI is InChI=1S/C15H26N2O.C2H6/c1-8(2)12-13-10-6-4-5-7-11(10)16-15(13)17-14(12)9(3)18;1-2/h8,10-17H,4-7H2,1-3H3;1-2H3. The zero-order valence-electron chi connectivity index (χ0n) is 13.8.